The van der Waals surface area contributed by atoms with E-state index in [4.69, 9.17) is 5.73 Å². The number of nitrogens with two attached hydrogens (primary N) is 1. The highest BCUT2D eigenvalue weighted by Gasteiger charge is 2.36. The van der Waals surface area contributed by atoms with Crippen LogP contribution in [-0.2, 0) is 9.84 Å². The van der Waals surface area contributed by atoms with Gasteiger partial charge in [0.1, 0.15) is 0 Å². The lowest BCUT2D eigenvalue weighted by molar-refractivity contribution is 0.163. The molecule has 2 rings (SSSR count). The maximum absolute atomic E-state index is 11.7. The number of rotatable bonds is 5. The smallest absolute Gasteiger partial charge is 0.151 e. The lowest BCUT2D eigenvalue weighted by Crippen LogP contribution is -2.44. The van der Waals surface area contributed by atoms with Gasteiger partial charge in [-0.25, -0.2) is 8.42 Å². The molecule has 2 N–H and O–H groups in total. The van der Waals surface area contributed by atoms with Crippen LogP contribution in [0.5, 0.6) is 0 Å². The Morgan fingerprint density at radius 3 is 2.70 bits per heavy atom. The van der Waals surface area contributed by atoms with Crippen LogP contribution >= 0.6 is 11.3 Å². The van der Waals surface area contributed by atoms with E-state index in [1.807, 2.05) is 7.05 Å². The summed E-state index contributed by atoms with van der Waals surface area (Å²) in [6.45, 7) is 4.18. The molecule has 1 aliphatic heterocycles. The van der Waals surface area contributed by atoms with Crippen LogP contribution in [0.25, 0.3) is 0 Å². The second kappa shape index (κ2) is 6.13. The van der Waals surface area contributed by atoms with Crippen LogP contribution in [-0.4, -0.2) is 44.0 Å². The summed E-state index contributed by atoms with van der Waals surface area (Å²) < 4.78 is 23.4. The minimum Gasteiger partial charge on any atom is -0.326 e. The van der Waals surface area contributed by atoms with E-state index in [9.17, 15) is 8.42 Å². The van der Waals surface area contributed by atoms with Crippen molar-refractivity contribution in [3.8, 4) is 0 Å². The van der Waals surface area contributed by atoms with Crippen molar-refractivity contribution >= 4 is 21.2 Å². The highest BCUT2D eigenvalue weighted by molar-refractivity contribution is 7.91. The van der Waals surface area contributed by atoms with Crippen molar-refractivity contribution in [2.24, 2.45) is 5.73 Å². The number of hydrogen-bond donors (Lipinski definition) is 1. The van der Waals surface area contributed by atoms with Gasteiger partial charge in [0, 0.05) is 17.0 Å². The van der Waals surface area contributed by atoms with Gasteiger partial charge in [-0.3, -0.25) is 4.90 Å². The molecule has 0 spiro atoms. The van der Waals surface area contributed by atoms with Gasteiger partial charge in [-0.05, 0) is 43.8 Å². The number of nitrogens with zero attached hydrogens (tertiary/aromatic N) is 1. The Bertz CT molecular complexity index is 553. The van der Waals surface area contributed by atoms with Gasteiger partial charge in [-0.1, -0.05) is 6.92 Å². The minimum absolute atomic E-state index is 0.0284. The first-order valence-corrected chi connectivity index (χ1v) is 9.77. The Kier molecular flexibility index (Phi) is 4.89. The molecule has 1 aromatic rings. The van der Waals surface area contributed by atoms with Gasteiger partial charge in [-0.2, -0.15) is 0 Å². The first kappa shape index (κ1) is 15.9. The summed E-state index contributed by atoms with van der Waals surface area (Å²) in [5, 5.41) is 2.08. The second-order valence-corrected chi connectivity index (χ2v) is 8.88. The number of hydrogen-bond acceptors (Lipinski definition) is 5. The van der Waals surface area contributed by atoms with Crippen molar-refractivity contribution in [1.29, 1.82) is 0 Å². The van der Waals surface area contributed by atoms with E-state index in [0.29, 0.717) is 5.75 Å². The Morgan fingerprint density at radius 2 is 2.25 bits per heavy atom. The van der Waals surface area contributed by atoms with Crippen molar-refractivity contribution in [2.75, 3.05) is 18.6 Å². The summed E-state index contributed by atoms with van der Waals surface area (Å²) in [6, 6.07) is 2.33. The molecule has 4 nitrogen and oxygen atoms in total. The second-order valence-electron chi connectivity index (χ2n) is 5.71. The van der Waals surface area contributed by atoms with E-state index in [2.05, 4.69) is 30.2 Å². The Hall–Kier alpha value is -0.430. The third kappa shape index (κ3) is 3.24. The topological polar surface area (TPSA) is 63.4 Å². The maximum Gasteiger partial charge on any atom is 0.151 e. The van der Waals surface area contributed by atoms with Crippen molar-refractivity contribution in [1.82, 2.24) is 4.90 Å². The Balaban J connectivity index is 2.26. The first-order chi connectivity index (χ1) is 9.35. The normalized spacial score (nSPS) is 24.9. The molecule has 1 aliphatic rings. The predicted molar refractivity (Wildman–Crippen MR) is 84.9 cm³/mol. The molecule has 1 fully saturated rings. The summed E-state index contributed by atoms with van der Waals surface area (Å²) in [5.74, 6) is 0.570. The van der Waals surface area contributed by atoms with E-state index in [-0.39, 0.29) is 23.9 Å². The summed E-state index contributed by atoms with van der Waals surface area (Å²) >= 11 is 1.72. The van der Waals surface area contributed by atoms with Crippen LogP contribution in [0.1, 0.15) is 36.2 Å². The molecule has 3 unspecified atom stereocenters. The lowest BCUT2D eigenvalue weighted by atomic mass is 9.99. The fourth-order valence-electron chi connectivity index (χ4n) is 2.92. The van der Waals surface area contributed by atoms with E-state index < -0.39 is 9.84 Å². The molecule has 0 amide bonds. The van der Waals surface area contributed by atoms with Crippen LogP contribution in [0.4, 0.5) is 0 Å². The van der Waals surface area contributed by atoms with Crippen LogP contribution in [0.2, 0.25) is 0 Å². The molecule has 1 saturated heterocycles. The van der Waals surface area contributed by atoms with E-state index >= 15 is 0 Å². The summed E-state index contributed by atoms with van der Waals surface area (Å²) in [4.78, 5) is 3.46. The van der Waals surface area contributed by atoms with Gasteiger partial charge in [0.2, 0.25) is 0 Å². The van der Waals surface area contributed by atoms with Gasteiger partial charge in [0.05, 0.1) is 17.5 Å². The van der Waals surface area contributed by atoms with Gasteiger partial charge < -0.3 is 5.73 Å². The third-order valence-electron chi connectivity index (χ3n) is 4.27. The van der Waals surface area contributed by atoms with Crippen molar-refractivity contribution in [2.45, 2.75) is 44.8 Å². The summed E-state index contributed by atoms with van der Waals surface area (Å²) in [5.41, 5.74) is 7.58. The summed E-state index contributed by atoms with van der Waals surface area (Å²) in [6.07, 6.45) is 1.60. The van der Waals surface area contributed by atoms with Gasteiger partial charge in [0.15, 0.2) is 9.84 Å². The van der Waals surface area contributed by atoms with Gasteiger partial charge in [-0.15, -0.1) is 11.3 Å². The highest BCUT2D eigenvalue weighted by atomic mass is 32.2. The number of thiophene rings is 1. The standard InChI is InChI=1S/C14H24N2O2S2/c1-4-12(15)13(14-10(2)5-7-19-14)16(3)11-6-8-20(17,18)9-11/h5,7,11-13H,4,6,8-9,15H2,1-3H3. The third-order valence-corrected chi connectivity index (χ3v) is 7.11. The van der Waals surface area contributed by atoms with Crippen molar-refractivity contribution < 1.29 is 8.42 Å². The van der Waals surface area contributed by atoms with Crippen LogP contribution in [0.3, 0.4) is 0 Å². The average Bonchev–Trinajstić information content (AvgIpc) is 2.96. The number of likely N-dealkylation sites (N-methyl/N-ethyl adjacent to an activating group) is 1. The zero-order valence-corrected chi connectivity index (χ0v) is 14.0. The van der Waals surface area contributed by atoms with Crippen LogP contribution in [0.15, 0.2) is 11.4 Å². The molecule has 1 aromatic heterocycles. The Morgan fingerprint density at radius 1 is 1.55 bits per heavy atom. The van der Waals surface area contributed by atoms with Crippen molar-refractivity contribution in [3.63, 3.8) is 0 Å². The quantitative estimate of drug-likeness (QED) is 0.902. The molecule has 0 bridgehead atoms. The molecule has 0 radical (unpaired) electrons. The van der Waals surface area contributed by atoms with E-state index in [1.165, 1.54) is 10.4 Å². The first-order valence-electron chi connectivity index (χ1n) is 7.07. The SMILES string of the molecule is CCC(N)C(c1sccc1C)N(C)C1CCS(=O)(=O)C1. The summed E-state index contributed by atoms with van der Waals surface area (Å²) in [7, 11) is -0.846. The Labute approximate surface area is 125 Å². The fourth-order valence-corrected chi connectivity index (χ4v) is 5.85. The highest BCUT2D eigenvalue weighted by Crippen LogP contribution is 2.34. The molecule has 3 atom stereocenters. The number of sulfone groups is 1. The molecular weight excluding hydrogens is 292 g/mol. The predicted octanol–water partition coefficient (Wildman–Crippen LogP) is 1.95. The molecule has 0 saturated carbocycles. The average molecular weight is 316 g/mol. The molecular formula is C14H24N2O2S2. The molecule has 0 aromatic carbocycles. The lowest BCUT2D eigenvalue weighted by Gasteiger charge is -2.36. The molecule has 0 aliphatic carbocycles. The van der Waals surface area contributed by atoms with Gasteiger partial charge >= 0.3 is 0 Å². The maximum atomic E-state index is 11.7. The van der Waals surface area contributed by atoms with Crippen molar-refractivity contribution in [3.05, 3.63) is 21.9 Å². The van der Waals surface area contributed by atoms with Crippen LogP contribution in [0, 0.1) is 6.92 Å². The number of aryl methyl sites for hydroxylation is 1. The molecule has 114 valence electrons. The zero-order valence-electron chi connectivity index (χ0n) is 12.4. The fraction of sp³-hybridized carbons (Fsp3) is 0.714. The molecule has 20 heavy (non-hydrogen) atoms. The molecule has 2 heterocycles. The van der Waals surface area contributed by atoms with E-state index in [0.717, 1.165) is 12.8 Å². The molecule has 6 heteroatoms. The van der Waals surface area contributed by atoms with Gasteiger partial charge in [0.25, 0.3) is 0 Å². The minimum atomic E-state index is -2.86. The zero-order chi connectivity index (χ0) is 14.9. The van der Waals surface area contributed by atoms with Crippen LogP contribution < -0.4 is 5.73 Å². The monoisotopic (exact) mass is 316 g/mol. The van der Waals surface area contributed by atoms with E-state index in [1.54, 1.807) is 11.3 Å². The largest absolute Gasteiger partial charge is 0.326 e.